The van der Waals surface area contributed by atoms with Crippen molar-refractivity contribution < 1.29 is 14.6 Å². The third-order valence-electron chi connectivity index (χ3n) is 11.9. The number of carbonyl (C=O) groups is 1. The molecule has 4 aromatic rings. The third kappa shape index (κ3) is 9.26. The van der Waals surface area contributed by atoms with E-state index in [1.54, 1.807) is 17.4 Å². The van der Waals surface area contributed by atoms with Gasteiger partial charge in [0.15, 0.2) is 5.82 Å². The molecule has 5 heterocycles. The third-order valence-corrected chi connectivity index (χ3v) is 13.4. The Bertz CT molecular complexity index is 2330. The molecule has 13 nitrogen and oxygen atoms in total. The molecule has 0 radical (unpaired) electrons. The summed E-state index contributed by atoms with van der Waals surface area (Å²) < 4.78 is 8.39. The number of carbonyl (C=O) groups excluding carboxylic acids is 1. The van der Waals surface area contributed by atoms with Crippen LogP contribution in [0.5, 0.6) is 11.5 Å². The number of pyridine rings is 1. The van der Waals surface area contributed by atoms with Gasteiger partial charge in [-0.3, -0.25) is 30.2 Å². The lowest BCUT2D eigenvalue weighted by Gasteiger charge is -2.53. The molecule has 0 unspecified atom stereocenters. The van der Waals surface area contributed by atoms with Gasteiger partial charge in [-0.25, -0.2) is 0 Å². The normalized spacial score (nSPS) is 21.2. The van der Waals surface area contributed by atoms with Crippen LogP contribution in [0.2, 0.25) is 5.02 Å². The Kier molecular flexibility index (Phi) is 12.6. The second kappa shape index (κ2) is 17.8. The standard InChI is InChI=1S/C37H47N9O2S.C7H4ClNO/c1-22-24(3)49-36-32(22)33(41-23(2)34-44-43-25(4)46(34)36)30-13-11-28(19-40-30)48-20-26-17-37(18-26)15-8-16-45(21-37)31(39)14-12-29(38)35(47)42-27-9-6-5-7-10-27;8-7-3-6(10)2-1-5(7)4-9/h11-14,19,23,26-27,38-39H,5-10,15-18,20-21H2,1-4H3,(H,42,47);1-3,10H/b14-12-,38-29?,39-31?;/t23-,26?,37?;/m0./s1. The van der Waals surface area contributed by atoms with E-state index < -0.39 is 0 Å². The number of aromatic hydroxyl groups is 1. The van der Waals surface area contributed by atoms with Crippen LogP contribution in [0, 0.1) is 54.3 Å². The van der Waals surface area contributed by atoms with Crippen molar-refractivity contribution in [3.8, 4) is 22.6 Å². The maximum Gasteiger partial charge on any atom is 0.269 e. The fourth-order valence-corrected chi connectivity index (χ4v) is 10.2. The first kappa shape index (κ1) is 41.8. The molecule has 3 fully saturated rings. The number of phenols is 1. The van der Waals surface area contributed by atoms with E-state index in [0.717, 1.165) is 104 Å². The minimum atomic E-state index is -0.339. The molecule has 15 heteroatoms. The predicted molar refractivity (Wildman–Crippen MR) is 231 cm³/mol. The number of nitriles is 1. The number of rotatable bonds is 8. The minimum Gasteiger partial charge on any atom is -0.508 e. The molecular formula is C44H51ClN10O3S. The summed E-state index contributed by atoms with van der Waals surface area (Å²) in [7, 11) is 0. The van der Waals surface area contributed by atoms with Gasteiger partial charge in [0.1, 0.15) is 46.0 Å². The topological polar surface area (TPSA) is 189 Å². The largest absolute Gasteiger partial charge is 0.508 e. The number of halogens is 1. The van der Waals surface area contributed by atoms with E-state index >= 15 is 0 Å². The summed E-state index contributed by atoms with van der Waals surface area (Å²) >= 11 is 7.29. The molecule has 4 aliphatic rings. The smallest absolute Gasteiger partial charge is 0.269 e. The number of fused-ring (bicyclic) bond motifs is 3. The van der Waals surface area contributed by atoms with E-state index in [4.69, 9.17) is 47.5 Å². The molecule has 3 aromatic heterocycles. The minimum absolute atomic E-state index is 0.0731. The molecule has 2 saturated carbocycles. The molecular weight excluding hydrogens is 784 g/mol. The van der Waals surface area contributed by atoms with Crippen molar-refractivity contribution in [3.63, 3.8) is 0 Å². The highest BCUT2D eigenvalue weighted by atomic mass is 35.5. The number of piperidine rings is 1. The summed E-state index contributed by atoms with van der Waals surface area (Å²) in [6.07, 6.45) is 14.7. The first-order chi connectivity index (χ1) is 28.3. The zero-order chi connectivity index (χ0) is 41.8. The summed E-state index contributed by atoms with van der Waals surface area (Å²) in [4.78, 5) is 25.8. The predicted octanol–water partition coefficient (Wildman–Crippen LogP) is 8.35. The first-order valence-corrected chi connectivity index (χ1v) is 21.5. The number of likely N-dealkylation sites (tertiary alicyclic amines) is 1. The molecule has 1 amide bonds. The molecule has 1 atom stereocenters. The molecule has 4 N–H and O–H groups in total. The number of nitrogens with zero attached hydrogens (tertiary/aromatic N) is 7. The van der Waals surface area contributed by atoms with Crippen LogP contribution in [0.1, 0.15) is 110 Å². The molecule has 2 aliphatic heterocycles. The molecule has 8 rings (SSSR count). The summed E-state index contributed by atoms with van der Waals surface area (Å²) in [6, 6.07) is 10.1. The number of amidine groups is 1. The summed E-state index contributed by atoms with van der Waals surface area (Å²) in [5, 5.41) is 47.2. The van der Waals surface area contributed by atoms with E-state index in [9.17, 15) is 4.79 Å². The van der Waals surface area contributed by atoms with Gasteiger partial charge in [0.25, 0.3) is 5.91 Å². The lowest BCUT2D eigenvalue weighted by molar-refractivity contribution is -0.115. The Morgan fingerprint density at radius 1 is 1.12 bits per heavy atom. The highest BCUT2D eigenvalue weighted by Gasteiger charge is 2.47. The van der Waals surface area contributed by atoms with Crippen molar-refractivity contribution in [1.29, 1.82) is 16.1 Å². The second-order valence-corrected chi connectivity index (χ2v) is 17.9. The monoisotopic (exact) mass is 834 g/mol. The Labute approximate surface area is 354 Å². The summed E-state index contributed by atoms with van der Waals surface area (Å²) in [5.74, 6) is 3.04. The number of aryl methyl sites for hydroxylation is 2. The Morgan fingerprint density at radius 2 is 1.90 bits per heavy atom. The molecule has 1 saturated heterocycles. The average Bonchev–Trinajstić information content (AvgIpc) is 3.71. The summed E-state index contributed by atoms with van der Waals surface area (Å²) in [5.41, 5.74) is 4.49. The fraction of sp³-hybridized carbons (Fsp3) is 0.455. The highest BCUT2D eigenvalue weighted by Crippen LogP contribution is 2.51. The van der Waals surface area contributed by atoms with E-state index in [-0.39, 0.29) is 39.9 Å². The zero-order valence-corrected chi connectivity index (χ0v) is 35.6. The van der Waals surface area contributed by atoms with Gasteiger partial charge in [-0.05, 0) is 126 Å². The maximum atomic E-state index is 12.5. The van der Waals surface area contributed by atoms with E-state index in [1.807, 2.05) is 31.3 Å². The molecule has 59 heavy (non-hydrogen) atoms. The van der Waals surface area contributed by atoms with Crippen LogP contribution in [0.4, 0.5) is 0 Å². The Morgan fingerprint density at radius 3 is 2.61 bits per heavy atom. The number of nitrogens with one attached hydrogen (secondary N) is 3. The number of thiophene rings is 1. The van der Waals surface area contributed by atoms with Gasteiger partial charge in [-0.1, -0.05) is 30.9 Å². The van der Waals surface area contributed by atoms with Gasteiger partial charge < -0.3 is 20.1 Å². The number of aromatic nitrogens is 4. The van der Waals surface area contributed by atoms with E-state index in [1.165, 1.54) is 41.1 Å². The fourth-order valence-electron chi connectivity index (χ4n) is 8.75. The van der Waals surface area contributed by atoms with Gasteiger partial charge in [0.2, 0.25) is 0 Å². The van der Waals surface area contributed by atoms with Crippen LogP contribution < -0.4 is 10.1 Å². The summed E-state index contributed by atoms with van der Waals surface area (Å²) in [6.45, 7) is 10.6. The van der Waals surface area contributed by atoms with E-state index in [2.05, 4.69) is 45.8 Å². The van der Waals surface area contributed by atoms with Crippen molar-refractivity contribution >= 4 is 46.1 Å². The van der Waals surface area contributed by atoms with Gasteiger partial charge in [-0.2, -0.15) is 5.26 Å². The molecule has 1 aromatic carbocycles. The van der Waals surface area contributed by atoms with Crippen LogP contribution in [0.25, 0.3) is 5.00 Å². The van der Waals surface area contributed by atoms with Crippen molar-refractivity contribution in [3.05, 3.63) is 92.6 Å². The SMILES string of the molecule is Cc1sc2c(c1C)C(c1ccc(OCC3CC4(CCCN(C(=N)/C=C\C(=N)C(=O)NC5CCCCC5)C4)C3)cn1)=N[C@@H](C)c1nnc(C)n1-2.N#Cc1ccc(O)cc1Cl. The number of phenolic OH excluding ortho intramolecular Hbond substituents is 1. The number of hydrogen-bond acceptors (Lipinski definition) is 11. The van der Waals surface area contributed by atoms with Crippen LogP contribution in [0.15, 0.2) is 53.7 Å². The zero-order valence-electron chi connectivity index (χ0n) is 34.0. The van der Waals surface area contributed by atoms with Crippen molar-refractivity contribution in [1.82, 2.24) is 30.0 Å². The van der Waals surface area contributed by atoms with Crippen LogP contribution in [-0.2, 0) is 4.79 Å². The van der Waals surface area contributed by atoms with Crippen LogP contribution in [0.3, 0.4) is 0 Å². The average molecular weight is 835 g/mol. The first-order valence-electron chi connectivity index (χ1n) is 20.3. The molecule has 2 aliphatic carbocycles. The van der Waals surface area contributed by atoms with Gasteiger partial charge >= 0.3 is 0 Å². The van der Waals surface area contributed by atoms with E-state index in [0.29, 0.717) is 23.9 Å². The lowest BCUT2D eigenvalue weighted by Crippen LogP contribution is -2.52. The van der Waals surface area contributed by atoms with Crippen molar-refractivity contribution in [2.24, 2.45) is 16.3 Å². The second-order valence-electron chi connectivity index (χ2n) is 16.3. The maximum absolute atomic E-state index is 12.5. The van der Waals surface area contributed by atoms with Crippen molar-refractivity contribution in [2.45, 2.75) is 97.6 Å². The quantitative estimate of drug-likeness (QED) is 0.101. The van der Waals surface area contributed by atoms with Gasteiger partial charge in [0, 0.05) is 29.6 Å². The van der Waals surface area contributed by atoms with Crippen molar-refractivity contribution in [2.75, 3.05) is 19.7 Å². The number of benzene rings is 1. The van der Waals surface area contributed by atoms with Crippen LogP contribution in [-0.4, -0.2) is 78.7 Å². The van der Waals surface area contributed by atoms with Crippen LogP contribution >= 0.6 is 22.9 Å². The van der Waals surface area contributed by atoms with Gasteiger partial charge in [-0.15, -0.1) is 21.5 Å². The molecule has 308 valence electrons. The number of hydrogen-bond donors (Lipinski definition) is 4. The molecule has 0 bridgehead atoms. The number of aliphatic imine (C=N–C) groups is 1. The lowest BCUT2D eigenvalue weighted by atomic mass is 9.58. The Hall–Kier alpha value is -5.39. The van der Waals surface area contributed by atoms with Gasteiger partial charge in [0.05, 0.1) is 34.8 Å². The number of amides is 1. The highest BCUT2D eigenvalue weighted by molar-refractivity contribution is 7.15. The Balaban J connectivity index is 0.000000463. The molecule has 1 spiro atoms. The number of ether oxygens (including phenoxy) is 1.